The molecule has 3 aromatic carbocycles. The highest BCUT2D eigenvalue weighted by Gasteiger charge is 2.35. The van der Waals surface area contributed by atoms with Crippen molar-refractivity contribution in [3.8, 4) is 11.5 Å². The first-order chi connectivity index (χ1) is 14.0. The van der Waals surface area contributed by atoms with Gasteiger partial charge in [0.15, 0.2) is 11.5 Å². The summed E-state index contributed by atoms with van der Waals surface area (Å²) in [6, 6.07) is 19.2. The third-order valence-electron chi connectivity index (χ3n) is 4.89. The van der Waals surface area contributed by atoms with Crippen LogP contribution in [0.5, 0.6) is 11.5 Å². The number of aryl methyl sites for hydroxylation is 1. The Labute approximate surface area is 168 Å². The first-order valence-electron chi connectivity index (χ1n) is 9.13. The van der Waals surface area contributed by atoms with E-state index in [0.717, 1.165) is 5.56 Å². The number of anilines is 1. The van der Waals surface area contributed by atoms with Crippen molar-refractivity contribution >= 4 is 29.2 Å². The van der Waals surface area contributed by atoms with E-state index in [0.29, 0.717) is 33.7 Å². The van der Waals surface area contributed by atoms with Crippen molar-refractivity contribution in [1.29, 1.82) is 0 Å². The van der Waals surface area contributed by atoms with E-state index in [9.17, 15) is 14.7 Å². The van der Waals surface area contributed by atoms with Crippen molar-refractivity contribution in [3.63, 3.8) is 0 Å². The van der Waals surface area contributed by atoms with Crippen LogP contribution in [0.2, 0.25) is 0 Å². The number of phenolic OH excluding ortho intramolecular Hbond substituents is 1. The second-order valence-electron chi connectivity index (χ2n) is 6.82. The molecule has 144 valence electrons. The molecule has 1 aliphatic rings. The highest BCUT2D eigenvalue weighted by molar-refractivity contribution is 6.43. The number of amides is 2. The Morgan fingerprint density at radius 3 is 2.28 bits per heavy atom. The second kappa shape index (κ2) is 7.28. The number of fused-ring (bicyclic) bond motifs is 1. The zero-order chi connectivity index (χ0) is 20.5. The van der Waals surface area contributed by atoms with Gasteiger partial charge in [0.2, 0.25) is 0 Å². The molecular formula is C24H19NO4. The van der Waals surface area contributed by atoms with Crippen LogP contribution >= 0.6 is 0 Å². The van der Waals surface area contributed by atoms with Gasteiger partial charge in [-0.15, -0.1) is 0 Å². The molecule has 0 atom stereocenters. The van der Waals surface area contributed by atoms with Gasteiger partial charge in [0.05, 0.1) is 12.8 Å². The normalized spacial score (nSPS) is 14.8. The number of phenols is 1. The number of benzene rings is 3. The maximum atomic E-state index is 13.4. The molecule has 5 nitrogen and oxygen atoms in total. The fourth-order valence-electron chi connectivity index (χ4n) is 3.37. The number of aromatic hydroxyl groups is 1. The molecule has 29 heavy (non-hydrogen) atoms. The smallest absolute Gasteiger partial charge is 0.265 e. The highest BCUT2D eigenvalue weighted by atomic mass is 16.5. The number of imide groups is 1. The fraction of sp³-hybridized carbons (Fsp3) is 0.0833. The number of carbonyl (C=O) groups is 2. The number of hydrogen-bond acceptors (Lipinski definition) is 4. The van der Waals surface area contributed by atoms with E-state index in [2.05, 4.69) is 0 Å². The van der Waals surface area contributed by atoms with Crippen LogP contribution in [0.1, 0.15) is 27.0 Å². The van der Waals surface area contributed by atoms with Crippen LogP contribution in [0, 0.1) is 6.92 Å². The van der Waals surface area contributed by atoms with Crippen molar-refractivity contribution < 1.29 is 19.4 Å². The van der Waals surface area contributed by atoms with E-state index in [-0.39, 0.29) is 11.7 Å². The van der Waals surface area contributed by atoms with E-state index >= 15 is 0 Å². The van der Waals surface area contributed by atoms with E-state index in [1.807, 2.05) is 19.1 Å². The standard InChI is InChI=1S/C24H19NO4/c1-15-7-10-17(11-8-15)25-23(27)19-6-4-3-5-18(19)20(24(25)28)13-16-9-12-21(26)22(14-16)29-2/h3-14,26H,1-2H3/b20-13+. The molecule has 4 rings (SSSR count). The summed E-state index contributed by atoms with van der Waals surface area (Å²) >= 11 is 0. The van der Waals surface area contributed by atoms with Gasteiger partial charge in [-0.25, -0.2) is 4.90 Å². The zero-order valence-electron chi connectivity index (χ0n) is 16.0. The summed E-state index contributed by atoms with van der Waals surface area (Å²) in [7, 11) is 1.46. The summed E-state index contributed by atoms with van der Waals surface area (Å²) in [4.78, 5) is 27.6. The molecule has 1 aliphatic heterocycles. The summed E-state index contributed by atoms with van der Waals surface area (Å²) in [5.41, 5.74) is 3.68. The number of nitrogens with zero attached hydrogens (tertiary/aromatic N) is 1. The van der Waals surface area contributed by atoms with Gasteiger partial charge in [0, 0.05) is 11.1 Å². The van der Waals surface area contributed by atoms with Crippen molar-refractivity contribution in [1.82, 2.24) is 0 Å². The first-order valence-corrected chi connectivity index (χ1v) is 9.13. The van der Waals surface area contributed by atoms with Gasteiger partial charge < -0.3 is 9.84 Å². The van der Waals surface area contributed by atoms with Gasteiger partial charge in [0.1, 0.15) is 0 Å². The molecule has 5 heteroatoms. The van der Waals surface area contributed by atoms with Crippen LogP contribution in [0.15, 0.2) is 66.7 Å². The van der Waals surface area contributed by atoms with Crippen molar-refractivity contribution in [2.24, 2.45) is 0 Å². The monoisotopic (exact) mass is 385 g/mol. The average molecular weight is 385 g/mol. The Balaban J connectivity index is 1.88. The maximum Gasteiger partial charge on any atom is 0.265 e. The van der Waals surface area contributed by atoms with Gasteiger partial charge in [-0.2, -0.15) is 0 Å². The summed E-state index contributed by atoms with van der Waals surface area (Å²) in [6.07, 6.45) is 1.71. The second-order valence-corrected chi connectivity index (χ2v) is 6.82. The molecule has 2 amide bonds. The van der Waals surface area contributed by atoms with Gasteiger partial charge in [-0.1, -0.05) is 42.0 Å². The molecule has 0 bridgehead atoms. The number of hydrogen-bond donors (Lipinski definition) is 1. The Morgan fingerprint density at radius 1 is 0.897 bits per heavy atom. The molecule has 0 radical (unpaired) electrons. The lowest BCUT2D eigenvalue weighted by atomic mass is 9.91. The predicted octanol–water partition coefficient (Wildman–Crippen LogP) is 4.44. The zero-order valence-corrected chi connectivity index (χ0v) is 16.0. The third-order valence-corrected chi connectivity index (χ3v) is 4.89. The van der Waals surface area contributed by atoms with Gasteiger partial charge in [-0.3, -0.25) is 9.59 Å². The van der Waals surface area contributed by atoms with E-state index in [1.165, 1.54) is 18.1 Å². The number of carbonyl (C=O) groups excluding carboxylic acids is 2. The summed E-state index contributed by atoms with van der Waals surface area (Å²) in [6.45, 7) is 1.95. The van der Waals surface area contributed by atoms with Crippen LogP contribution in [-0.4, -0.2) is 24.0 Å². The van der Waals surface area contributed by atoms with E-state index < -0.39 is 5.91 Å². The van der Waals surface area contributed by atoms with E-state index in [4.69, 9.17) is 4.74 Å². The Hall–Kier alpha value is -3.86. The first kappa shape index (κ1) is 18.5. The molecule has 0 fully saturated rings. The minimum atomic E-state index is -0.399. The van der Waals surface area contributed by atoms with Gasteiger partial charge in [-0.05, 0) is 54.5 Å². The lowest BCUT2D eigenvalue weighted by molar-refractivity contribution is -0.112. The topological polar surface area (TPSA) is 66.8 Å². The van der Waals surface area contributed by atoms with Crippen LogP contribution in [0.3, 0.4) is 0 Å². The number of rotatable bonds is 3. The molecular weight excluding hydrogens is 366 g/mol. The Morgan fingerprint density at radius 2 is 1.59 bits per heavy atom. The Bertz CT molecular complexity index is 1150. The molecule has 1 heterocycles. The summed E-state index contributed by atoms with van der Waals surface area (Å²) in [5.74, 6) is -0.427. The summed E-state index contributed by atoms with van der Waals surface area (Å²) in [5, 5.41) is 9.83. The number of methoxy groups -OCH3 is 1. The minimum Gasteiger partial charge on any atom is -0.504 e. The Kier molecular flexibility index (Phi) is 4.64. The highest BCUT2D eigenvalue weighted by Crippen LogP contribution is 2.34. The van der Waals surface area contributed by atoms with E-state index in [1.54, 1.807) is 54.6 Å². The molecule has 0 aromatic heterocycles. The van der Waals surface area contributed by atoms with Crippen molar-refractivity contribution in [2.75, 3.05) is 12.0 Å². The van der Waals surface area contributed by atoms with Crippen LogP contribution < -0.4 is 9.64 Å². The minimum absolute atomic E-state index is 0.0153. The predicted molar refractivity (Wildman–Crippen MR) is 112 cm³/mol. The largest absolute Gasteiger partial charge is 0.504 e. The van der Waals surface area contributed by atoms with Gasteiger partial charge in [0.25, 0.3) is 11.8 Å². The molecule has 0 aliphatic carbocycles. The van der Waals surface area contributed by atoms with Crippen LogP contribution in [0.25, 0.3) is 11.6 Å². The lowest BCUT2D eigenvalue weighted by Gasteiger charge is -2.28. The van der Waals surface area contributed by atoms with Crippen molar-refractivity contribution in [2.45, 2.75) is 6.92 Å². The fourth-order valence-corrected chi connectivity index (χ4v) is 3.37. The molecule has 1 N–H and O–H groups in total. The lowest BCUT2D eigenvalue weighted by Crippen LogP contribution is -2.41. The maximum absolute atomic E-state index is 13.4. The molecule has 0 saturated carbocycles. The SMILES string of the molecule is COc1cc(/C=C2/C(=O)N(c3ccc(C)cc3)C(=O)c3ccccc32)ccc1O. The van der Waals surface area contributed by atoms with Crippen molar-refractivity contribution in [3.05, 3.63) is 89.0 Å². The summed E-state index contributed by atoms with van der Waals surface area (Å²) < 4.78 is 5.16. The molecule has 0 spiro atoms. The van der Waals surface area contributed by atoms with Crippen LogP contribution in [-0.2, 0) is 4.79 Å². The molecule has 0 unspecified atom stereocenters. The third kappa shape index (κ3) is 3.27. The average Bonchev–Trinajstić information content (AvgIpc) is 2.73. The molecule has 3 aromatic rings. The molecule has 0 saturated heterocycles. The van der Waals surface area contributed by atoms with Gasteiger partial charge >= 0.3 is 0 Å². The number of ether oxygens (including phenoxy) is 1. The quantitative estimate of drug-likeness (QED) is 0.535. The van der Waals surface area contributed by atoms with Crippen LogP contribution in [0.4, 0.5) is 5.69 Å².